The minimum absolute atomic E-state index is 0.0868. The number of hydrogen-bond donors (Lipinski definition) is 5. The zero-order chi connectivity index (χ0) is 26.2. The van der Waals surface area contributed by atoms with Crippen molar-refractivity contribution >= 4 is 17.9 Å². The number of carboxylic acids is 1. The molecule has 2 aliphatic carbocycles. The van der Waals surface area contributed by atoms with E-state index in [9.17, 15) is 34.8 Å². The number of likely N-dealkylation sites (tertiary alicyclic amines) is 1. The summed E-state index contributed by atoms with van der Waals surface area (Å²) in [4.78, 5) is 37.6. The fraction of sp³-hybridized carbons (Fsp3) is 0.542. The highest BCUT2D eigenvalue weighted by molar-refractivity contribution is 5.86. The normalized spacial score (nSPS) is 32.3. The van der Waals surface area contributed by atoms with Gasteiger partial charge in [-0.15, -0.1) is 0 Å². The Morgan fingerprint density at radius 1 is 1.19 bits per heavy atom. The number of aliphatic hydroxyl groups is 3. The third kappa shape index (κ3) is 3.18. The molecule has 1 aromatic carbocycles. The number of esters is 2. The molecule has 7 atom stereocenters. The molecule has 1 spiro atoms. The summed E-state index contributed by atoms with van der Waals surface area (Å²) in [5.41, 5.74) is -0.571. The van der Waals surface area contributed by atoms with Gasteiger partial charge in [0.2, 0.25) is 0 Å². The van der Waals surface area contributed by atoms with E-state index in [0.29, 0.717) is 24.9 Å². The number of carbonyl (C=O) groups is 3. The van der Waals surface area contributed by atoms with Crippen LogP contribution < -0.4 is 4.74 Å². The van der Waals surface area contributed by atoms with Crippen molar-refractivity contribution < 1.29 is 54.1 Å². The minimum atomic E-state index is -2.42. The van der Waals surface area contributed by atoms with Gasteiger partial charge in [-0.3, -0.25) is 0 Å². The molecule has 0 aromatic heterocycles. The first-order chi connectivity index (χ1) is 16.9. The third-order valence-electron chi connectivity index (χ3n) is 7.99. The number of ether oxygens (including phenoxy) is 3. The summed E-state index contributed by atoms with van der Waals surface area (Å²) < 4.78 is 16.5. The largest absolute Gasteiger partial charge is 0.504 e. The number of benzene rings is 1. The number of likely N-dealkylation sites (N-methyl/N-ethyl adjacent to an activating group) is 1. The Kier molecular flexibility index (Phi) is 5.56. The van der Waals surface area contributed by atoms with Crippen LogP contribution in [-0.4, -0.2) is 98.0 Å². The quantitative estimate of drug-likeness (QED) is 0.296. The van der Waals surface area contributed by atoms with Crippen LogP contribution in [0.5, 0.6) is 11.5 Å². The Bertz CT molecular complexity index is 1180. The molecule has 5 rings (SSSR count). The fourth-order valence-corrected chi connectivity index (χ4v) is 6.19. The zero-order valence-electron chi connectivity index (χ0n) is 19.6. The van der Waals surface area contributed by atoms with Crippen molar-refractivity contribution in [2.24, 2.45) is 0 Å². The lowest BCUT2D eigenvalue weighted by Gasteiger charge is -2.61. The molecular formula is C24H27NO11. The SMILES string of the molecule is C[C@H](OC(=O)[C@H](O)[C@@H](O)C(=O)O)C(=O)OC1=CC[C@@]2(O)[C@@H]3Cc4ccc(O)c5c4[C@@]2(CCN3C)[C@H]1O5. The van der Waals surface area contributed by atoms with Gasteiger partial charge in [0.25, 0.3) is 0 Å². The second-order valence-corrected chi connectivity index (χ2v) is 9.83. The standard InChI is InChI=1S/C24H27NO11/c1-10(34-22(32)17(28)16(27)20(29)30)21(31)35-13-5-6-24(33)14-9-11-3-4-12(26)18-15(11)23(24,19(13)36-18)7-8-25(14)2/h3-5,10,14,16-17,19,26-28,33H,6-9H2,1-2H3,(H,29,30)/t10-,14-,16+,17+,19-,23-,24+/m0/s1. The van der Waals surface area contributed by atoms with Crippen LogP contribution in [0, 0.1) is 0 Å². The Hall–Kier alpha value is -3.19. The molecule has 0 unspecified atom stereocenters. The molecular weight excluding hydrogens is 478 g/mol. The highest BCUT2D eigenvalue weighted by Crippen LogP contribution is 2.65. The Morgan fingerprint density at radius 2 is 1.92 bits per heavy atom. The second-order valence-electron chi connectivity index (χ2n) is 9.83. The van der Waals surface area contributed by atoms with E-state index in [2.05, 4.69) is 4.90 Å². The molecule has 2 aliphatic heterocycles. The highest BCUT2D eigenvalue weighted by atomic mass is 16.6. The zero-order valence-corrected chi connectivity index (χ0v) is 19.6. The molecule has 0 radical (unpaired) electrons. The number of carbonyl (C=O) groups excluding carboxylic acids is 2. The predicted octanol–water partition coefficient (Wildman–Crippen LogP) is -1.05. The van der Waals surface area contributed by atoms with E-state index in [4.69, 9.17) is 19.3 Å². The van der Waals surface area contributed by atoms with Gasteiger partial charge in [-0.1, -0.05) is 6.07 Å². The van der Waals surface area contributed by atoms with Gasteiger partial charge >= 0.3 is 17.9 Å². The van der Waals surface area contributed by atoms with Crippen LogP contribution in [0.3, 0.4) is 0 Å². The lowest BCUT2D eigenvalue weighted by molar-refractivity contribution is -0.182. The number of carboxylic acid groups (broad SMARTS) is 1. The molecule has 1 aromatic rings. The van der Waals surface area contributed by atoms with Crippen molar-refractivity contribution in [2.75, 3.05) is 13.6 Å². The van der Waals surface area contributed by atoms with Crippen molar-refractivity contribution in [3.63, 3.8) is 0 Å². The van der Waals surface area contributed by atoms with Gasteiger partial charge < -0.3 is 44.6 Å². The average molecular weight is 505 g/mol. The second kappa shape index (κ2) is 8.17. The Labute approximate surface area is 205 Å². The van der Waals surface area contributed by atoms with E-state index in [1.807, 2.05) is 13.1 Å². The number of nitrogens with zero attached hydrogens (tertiary/aromatic N) is 1. The van der Waals surface area contributed by atoms with Crippen molar-refractivity contribution in [1.29, 1.82) is 0 Å². The van der Waals surface area contributed by atoms with Gasteiger partial charge in [0.05, 0.1) is 11.0 Å². The number of rotatable bonds is 6. The van der Waals surface area contributed by atoms with E-state index >= 15 is 0 Å². The number of aromatic hydroxyl groups is 1. The number of aliphatic carboxylic acids is 1. The molecule has 1 saturated heterocycles. The van der Waals surface area contributed by atoms with Crippen LogP contribution in [-0.2, 0) is 35.7 Å². The lowest BCUT2D eigenvalue weighted by atomic mass is 9.50. The minimum Gasteiger partial charge on any atom is -0.504 e. The van der Waals surface area contributed by atoms with Gasteiger partial charge in [-0.25, -0.2) is 14.4 Å². The smallest absolute Gasteiger partial charge is 0.352 e. The predicted molar refractivity (Wildman–Crippen MR) is 118 cm³/mol. The van der Waals surface area contributed by atoms with Crippen molar-refractivity contribution in [2.45, 2.75) is 67.7 Å². The molecule has 2 bridgehead atoms. The fourth-order valence-electron chi connectivity index (χ4n) is 6.19. The lowest BCUT2D eigenvalue weighted by Crippen LogP contribution is -2.74. The summed E-state index contributed by atoms with van der Waals surface area (Å²) >= 11 is 0. The first-order valence-electron chi connectivity index (χ1n) is 11.6. The monoisotopic (exact) mass is 505 g/mol. The molecule has 1 fully saturated rings. The number of phenolic OH excluding ortho intramolecular Hbond substituents is 1. The summed E-state index contributed by atoms with van der Waals surface area (Å²) in [5, 5.41) is 50.3. The van der Waals surface area contributed by atoms with Crippen LogP contribution in [0.1, 0.15) is 30.9 Å². The number of hydrogen-bond acceptors (Lipinski definition) is 11. The summed E-state index contributed by atoms with van der Waals surface area (Å²) in [5.74, 6) is -4.13. The van der Waals surface area contributed by atoms with Crippen molar-refractivity contribution in [1.82, 2.24) is 4.90 Å². The van der Waals surface area contributed by atoms with Gasteiger partial charge in [-0.05, 0) is 51.1 Å². The van der Waals surface area contributed by atoms with E-state index in [0.717, 1.165) is 5.56 Å². The molecule has 5 N–H and O–H groups in total. The van der Waals surface area contributed by atoms with Gasteiger partial charge in [-0.2, -0.15) is 0 Å². The highest BCUT2D eigenvalue weighted by Gasteiger charge is 2.72. The van der Waals surface area contributed by atoms with Crippen LogP contribution in [0.4, 0.5) is 0 Å². The molecule has 0 saturated carbocycles. The van der Waals surface area contributed by atoms with Crippen molar-refractivity contribution in [3.05, 3.63) is 35.1 Å². The van der Waals surface area contributed by atoms with Crippen LogP contribution in [0.15, 0.2) is 24.0 Å². The number of piperidine rings is 1. The third-order valence-corrected chi connectivity index (χ3v) is 7.99. The maximum atomic E-state index is 12.8. The maximum absolute atomic E-state index is 12.8. The van der Waals surface area contributed by atoms with E-state index in [-0.39, 0.29) is 29.7 Å². The van der Waals surface area contributed by atoms with Gasteiger partial charge in [0.1, 0.15) is 5.76 Å². The first-order valence-corrected chi connectivity index (χ1v) is 11.6. The molecule has 36 heavy (non-hydrogen) atoms. The Balaban J connectivity index is 1.42. The number of aliphatic hydroxyl groups excluding tert-OH is 2. The maximum Gasteiger partial charge on any atom is 0.352 e. The molecule has 12 nitrogen and oxygen atoms in total. The first kappa shape index (κ1) is 24.5. The summed E-state index contributed by atoms with van der Waals surface area (Å²) in [7, 11) is 1.94. The molecule has 4 aliphatic rings. The average Bonchev–Trinajstić information content (AvgIpc) is 3.19. The van der Waals surface area contributed by atoms with Crippen LogP contribution >= 0.6 is 0 Å². The molecule has 12 heteroatoms. The molecule has 0 amide bonds. The topological polar surface area (TPSA) is 183 Å². The van der Waals surface area contributed by atoms with Gasteiger partial charge in [0, 0.05) is 18.0 Å². The van der Waals surface area contributed by atoms with Crippen LogP contribution in [0.25, 0.3) is 0 Å². The van der Waals surface area contributed by atoms with Crippen molar-refractivity contribution in [3.8, 4) is 11.5 Å². The van der Waals surface area contributed by atoms with Crippen LogP contribution in [0.2, 0.25) is 0 Å². The summed E-state index contributed by atoms with van der Waals surface area (Å²) in [6.07, 6.45) is -4.56. The molecule has 2 heterocycles. The molecule has 194 valence electrons. The summed E-state index contributed by atoms with van der Waals surface area (Å²) in [6, 6.07) is 3.13. The summed E-state index contributed by atoms with van der Waals surface area (Å²) in [6.45, 7) is 1.80. The van der Waals surface area contributed by atoms with Gasteiger partial charge in [0.15, 0.2) is 35.9 Å². The Morgan fingerprint density at radius 3 is 2.61 bits per heavy atom. The number of phenols is 1. The van der Waals surface area contributed by atoms with E-state index in [1.165, 1.54) is 13.0 Å². The van der Waals surface area contributed by atoms with E-state index < -0.39 is 53.3 Å². The van der Waals surface area contributed by atoms with E-state index in [1.54, 1.807) is 6.08 Å².